The summed E-state index contributed by atoms with van der Waals surface area (Å²) < 4.78 is 7.41. The van der Waals surface area contributed by atoms with E-state index in [9.17, 15) is 0 Å². The van der Waals surface area contributed by atoms with Gasteiger partial charge in [0.05, 0.1) is 12.7 Å². The largest absolute Gasteiger partial charge is 0.375 e. The molecular weight excluding hydrogens is 122 g/mol. The first-order chi connectivity index (χ1) is 3.86. The number of nitrogens with zero attached hydrogens (tertiary/aromatic N) is 1. The monoisotopic (exact) mass is 131 g/mol. The van der Waals surface area contributed by atoms with Crippen molar-refractivity contribution in [3.05, 3.63) is 0 Å². The van der Waals surface area contributed by atoms with Crippen LogP contribution in [0.25, 0.3) is 0 Å². The normalized spacial score (nSPS) is 46.1. The topological polar surface area (TPSA) is 12.5 Å². The summed E-state index contributed by atoms with van der Waals surface area (Å²) in [7, 11) is 0. The average molecular weight is 131 g/mol. The van der Waals surface area contributed by atoms with Crippen LogP contribution >= 0.6 is 12.8 Å². The van der Waals surface area contributed by atoms with E-state index in [1.165, 1.54) is 6.42 Å². The Morgan fingerprint density at radius 2 is 2.50 bits per heavy atom. The molecule has 2 aliphatic heterocycles. The summed E-state index contributed by atoms with van der Waals surface area (Å²) >= 11 is 4.25. The van der Waals surface area contributed by atoms with E-state index < -0.39 is 0 Å². The fraction of sp³-hybridized carbons (Fsp3) is 1.00. The first kappa shape index (κ1) is 5.09. The first-order valence-corrected chi connectivity index (χ1v) is 3.33. The van der Waals surface area contributed by atoms with Gasteiger partial charge in [-0.05, 0) is 6.42 Å². The number of hydrogen-bond donors (Lipinski definition) is 1. The number of hydrogen-bond acceptors (Lipinski definition) is 3. The number of fused-ring (bicyclic) bond motifs is 2. The maximum absolute atomic E-state index is 5.33. The molecule has 2 saturated heterocycles. The van der Waals surface area contributed by atoms with Crippen LogP contribution in [0, 0.1) is 0 Å². The van der Waals surface area contributed by atoms with Crippen LogP contribution in [0.15, 0.2) is 0 Å². The molecule has 3 heteroatoms. The van der Waals surface area contributed by atoms with Crippen molar-refractivity contribution in [2.24, 2.45) is 0 Å². The van der Waals surface area contributed by atoms with E-state index in [1.54, 1.807) is 0 Å². The highest BCUT2D eigenvalue weighted by Gasteiger charge is 2.37. The zero-order valence-corrected chi connectivity index (χ0v) is 5.47. The summed E-state index contributed by atoms with van der Waals surface area (Å²) in [4.78, 5) is 0. The zero-order valence-electron chi connectivity index (χ0n) is 4.58. The number of ether oxygens (including phenoxy) is 1. The zero-order chi connectivity index (χ0) is 5.56. The highest BCUT2D eigenvalue weighted by Crippen LogP contribution is 2.28. The summed E-state index contributed by atoms with van der Waals surface area (Å²) in [6, 6.07) is 0.614. The van der Waals surface area contributed by atoms with Gasteiger partial charge in [0.2, 0.25) is 0 Å². The Morgan fingerprint density at radius 1 is 1.62 bits per heavy atom. The molecule has 46 valence electrons. The molecule has 0 aromatic rings. The van der Waals surface area contributed by atoms with Crippen molar-refractivity contribution < 1.29 is 4.74 Å². The summed E-state index contributed by atoms with van der Waals surface area (Å²) in [6.07, 6.45) is 1.70. The lowest BCUT2D eigenvalue weighted by molar-refractivity contribution is 0.0650. The van der Waals surface area contributed by atoms with Crippen LogP contribution in [0.3, 0.4) is 0 Å². The third-order valence-electron chi connectivity index (χ3n) is 1.87. The van der Waals surface area contributed by atoms with E-state index in [2.05, 4.69) is 17.1 Å². The van der Waals surface area contributed by atoms with E-state index in [0.29, 0.717) is 12.1 Å². The van der Waals surface area contributed by atoms with Crippen LogP contribution < -0.4 is 0 Å². The molecule has 2 rings (SSSR count). The lowest BCUT2D eigenvalue weighted by atomic mass is 10.3. The van der Waals surface area contributed by atoms with Crippen LogP contribution in [0.4, 0.5) is 0 Å². The minimum absolute atomic E-state index is 0.498. The highest BCUT2D eigenvalue weighted by molar-refractivity contribution is 7.77. The predicted molar refractivity (Wildman–Crippen MR) is 33.8 cm³/mol. The Labute approximate surface area is 54.4 Å². The standard InChI is InChI=1S/C5H9NOS/c8-6-2-5-1-4(6)3-7-5/h4-5,8H,1-3H2/t4-,5-/m1/s1. The Bertz CT molecular complexity index is 107. The Hall–Kier alpha value is 0.270. The number of morpholine rings is 1. The van der Waals surface area contributed by atoms with Gasteiger partial charge >= 0.3 is 0 Å². The smallest absolute Gasteiger partial charge is 0.0728 e. The van der Waals surface area contributed by atoms with Gasteiger partial charge in [-0.3, -0.25) is 0 Å². The quantitative estimate of drug-likeness (QED) is 0.475. The third-order valence-corrected chi connectivity index (χ3v) is 2.36. The fourth-order valence-corrected chi connectivity index (χ4v) is 1.72. The summed E-state index contributed by atoms with van der Waals surface area (Å²) in [6.45, 7) is 1.92. The lowest BCUT2D eigenvalue weighted by Gasteiger charge is -2.19. The third kappa shape index (κ3) is 0.584. The van der Waals surface area contributed by atoms with Gasteiger partial charge in [0.15, 0.2) is 0 Å². The molecule has 0 N–H and O–H groups in total. The van der Waals surface area contributed by atoms with Crippen molar-refractivity contribution in [3.8, 4) is 0 Å². The molecule has 2 nitrogen and oxygen atoms in total. The molecule has 2 aliphatic rings. The van der Waals surface area contributed by atoms with Gasteiger partial charge in [-0.15, -0.1) is 0 Å². The second-order valence-electron chi connectivity index (χ2n) is 2.47. The van der Waals surface area contributed by atoms with Crippen molar-refractivity contribution in [3.63, 3.8) is 0 Å². The highest BCUT2D eigenvalue weighted by atomic mass is 32.1. The van der Waals surface area contributed by atoms with Crippen LogP contribution in [-0.4, -0.2) is 29.6 Å². The Morgan fingerprint density at radius 3 is 2.75 bits per heavy atom. The van der Waals surface area contributed by atoms with E-state index in [1.807, 2.05) is 0 Å². The molecule has 0 radical (unpaired) electrons. The summed E-state index contributed by atoms with van der Waals surface area (Å²) in [5, 5.41) is 0. The minimum Gasteiger partial charge on any atom is -0.375 e. The predicted octanol–water partition coefficient (Wildman–Crippen LogP) is 0.304. The van der Waals surface area contributed by atoms with Gasteiger partial charge in [0, 0.05) is 12.6 Å². The summed E-state index contributed by atoms with van der Waals surface area (Å²) in [5.74, 6) is 0. The molecule has 8 heavy (non-hydrogen) atoms. The van der Waals surface area contributed by atoms with Gasteiger partial charge in [0.1, 0.15) is 0 Å². The van der Waals surface area contributed by atoms with Crippen LogP contribution in [0.5, 0.6) is 0 Å². The molecule has 0 spiro atoms. The molecule has 2 heterocycles. The molecule has 0 amide bonds. The average Bonchev–Trinajstić information content (AvgIpc) is 2.23. The Balaban J connectivity index is 2.11. The van der Waals surface area contributed by atoms with Gasteiger partial charge in [-0.25, -0.2) is 4.31 Å². The van der Waals surface area contributed by atoms with E-state index >= 15 is 0 Å². The van der Waals surface area contributed by atoms with Gasteiger partial charge < -0.3 is 4.74 Å². The first-order valence-electron chi connectivity index (χ1n) is 2.93. The molecule has 0 aromatic heterocycles. The maximum atomic E-state index is 5.33. The molecule has 2 atom stereocenters. The van der Waals surface area contributed by atoms with Gasteiger partial charge in [-0.1, -0.05) is 12.8 Å². The Kier molecular flexibility index (Phi) is 1.03. The van der Waals surface area contributed by atoms with Crippen LogP contribution in [0.2, 0.25) is 0 Å². The van der Waals surface area contributed by atoms with Gasteiger partial charge in [0.25, 0.3) is 0 Å². The fourth-order valence-electron chi connectivity index (χ4n) is 1.38. The van der Waals surface area contributed by atoms with E-state index in [-0.39, 0.29) is 0 Å². The minimum atomic E-state index is 0.498. The number of rotatable bonds is 0. The molecule has 2 bridgehead atoms. The molecular formula is C5H9NOS. The molecule has 0 saturated carbocycles. The van der Waals surface area contributed by atoms with Crippen LogP contribution in [0.1, 0.15) is 6.42 Å². The summed E-state index contributed by atoms with van der Waals surface area (Å²) in [5.41, 5.74) is 0. The van der Waals surface area contributed by atoms with Crippen molar-refractivity contribution in [1.82, 2.24) is 4.31 Å². The molecule has 2 fully saturated rings. The van der Waals surface area contributed by atoms with Gasteiger partial charge in [-0.2, -0.15) is 0 Å². The van der Waals surface area contributed by atoms with Crippen molar-refractivity contribution in [1.29, 1.82) is 0 Å². The number of thiol groups is 1. The lowest BCUT2D eigenvalue weighted by Crippen LogP contribution is -2.29. The second-order valence-corrected chi connectivity index (χ2v) is 2.98. The molecule has 0 unspecified atom stereocenters. The maximum Gasteiger partial charge on any atom is 0.0728 e. The molecule has 0 aromatic carbocycles. The van der Waals surface area contributed by atoms with E-state index in [0.717, 1.165) is 13.2 Å². The van der Waals surface area contributed by atoms with Crippen molar-refractivity contribution in [2.75, 3.05) is 13.2 Å². The molecule has 0 aliphatic carbocycles. The van der Waals surface area contributed by atoms with Crippen molar-refractivity contribution in [2.45, 2.75) is 18.6 Å². The van der Waals surface area contributed by atoms with Crippen LogP contribution in [-0.2, 0) is 4.74 Å². The van der Waals surface area contributed by atoms with E-state index in [4.69, 9.17) is 4.74 Å². The SMILES string of the molecule is SN1C[C@H]2C[C@@H]1CO2. The van der Waals surface area contributed by atoms with Crippen molar-refractivity contribution >= 4 is 12.8 Å². The second kappa shape index (κ2) is 1.62.